The van der Waals surface area contributed by atoms with Gasteiger partial charge in [0, 0.05) is 29.6 Å². The van der Waals surface area contributed by atoms with E-state index in [9.17, 15) is 0 Å². The molecule has 2 heterocycles. The van der Waals surface area contributed by atoms with E-state index in [1.54, 1.807) is 7.11 Å². The van der Waals surface area contributed by atoms with Crippen LogP contribution < -0.4 is 20.1 Å². The number of halogens is 1. The number of fused-ring (bicyclic) bond motifs is 1. The molecule has 1 aliphatic heterocycles. The third-order valence-electron chi connectivity index (χ3n) is 5.83. The van der Waals surface area contributed by atoms with Crippen molar-refractivity contribution >= 4 is 34.0 Å². The maximum atomic E-state index is 6.51. The van der Waals surface area contributed by atoms with E-state index < -0.39 is 0 Å². The predicted octanol–water partition coefficient (Wildman–Crippen LogP) is 6.18. The molecule has 6 nitrogen and oxygen atoms in total. The Morgan fingerprint density at radius 3 is 2.71 bits per heavy atom. The number of aromatic nitrogens is 2. The van der Waals surface area contributed by atoms with Crippen LogP contribution in [0.4, 0.5) is 11.5 Å². The van der Waals surface area contributed by atoms with Crippen molar-refractivity contribution in [3.8, 4) is 29.1 Å². The van der Waals surface area contributed by atoms with Gasteiger partial charge in [0.1, 0.15) is 29.4 Å². The number of piperidine rings is 1. The molecule has 5 rings (SSSR count). The summed E-state index contributed by atoms with van der Waals surface area (Å²) in [5.74, 6) is 9.72. The lowest BCUT2D eigenvalue weighted by Crippen LogP contribution is -2.28. The van der Waals surface area contributed by atoms with Crippen molar-refractivity contribution in [2.24, 2.45) is 5.92 Å². The highest BCUT2D eigenvalue weighted by atomic mass is 35.5. The Labute approximate surface area is 209 Å². The number of nitrogens with zero attached hydrogens (tertiary/aromatic N) is 2. The van der Waals surface area contributed by atoms with Crippen LogP contribution in [0.1, 0.15) is 18.4 Å². The van der Waals surface area contributed by atoms with Gasteiger partial charge in [0.25, 0.3) is 0 Å². The van der Waals surface area contributed by atoms with Crippen LogP contribution in [0.5, 0.6) is 17.2 Å². The van der Waals surface area contributed by atoms with E-state index in [2.05, 4.69) is 32.4 Å². The molecular formula is C28H25ClN4O2. The van der Waals surface area contributed by atoms with E-state index in [1.165, 1.54) is 6.33 Å². The number of nitrogens with one attached hydrogen (secondary N) is 2. The third kappa shape index (κ3) is 5.48. The fourth-order valence-corrected chi connectivity index (χ4v) is 4.24. The Balaban J connectivity index is 1.43. The van der Waals surface area contributed by atoms with Crippen molar-refractivity contribution in [3.05, 3.63) is 77.6 Å². The lowest BCUT2D eigenvalue weighted by molar-refractivity contribution is 0.414. The van der Waals surface area contributed by atoms with Crippen molar-refractivity contribution in [2.75, 3.05) is 25.5 Å². The molecule has 1 saturated heterocycles. The Bertz CT molecular complexity index is 1390. The zero-order chi connectivity index (χ0) is 24.0. The summed E-state index contributed by atoms with van der Waals surface area (Å²) in [7, 11) is 1.65. The number of ether oxygens (including phenoxy) is 2. The fraction of sp³-hybridized carbons (Fsp3) is 0.214. The molecular weight excluding hydrogens is 460 g/mol. The van der Waals surface area contributed by atoms with Gasteiger partial charge in [-0.05, 0) is 55.8 Å². The highest BCUT2D eigenvalue weighted by Gasteiger charge is 2.13. The maximum Gasteiger partial charge on any atom is 0.146 e. The van der Waals surface area contributed by atoms with Crippen molar-refractivity contribution in [2.45, 2.75) is 12.8 Å². The number of rotatable bonds is 5. The number of anilines is 2. The van der Waals surface area contributed by atoms with Gasteiger partial charge in [-0.3, -0.25) is 0 Å². The minimum absolute atomic E-state index is 0.340. The van der Waals surface area contributed by atoms with Crippen LogP contribution in [0.15, 0.2) is 67.0 Å². The molecule has 2 N–H and O–H groups in total. The summed E-state index contributed by atoms with van der Waals surface area (Å²) in [6, 6.07) is 19.0. The minimum Gasteiger partial charge on any atom is -0.495 e. The molecule has 0 aliphatic carbocycles. The van der Waals surface area contributed by atoms with Gasteiger partial charge in [-0.2, -0.15) is 0 Å². The average Bonchev–Trinajstić information content (AvgIpc) is 2.90. The summed E-state index contributed by atoms with van der Waals surface area (Å²) in [6.45, 7) is 1.98. The van der Waals surface area contributed by atoms with Gasteiger partial charge in [-0.25, -0.2) is 9.97 Å². The molecule has 7 heteroatoms. The Hall–Kier alpha value is -3.79. The van der Waals surface area contributed by atoms with Crippen molar-refractivity contribution < 1.29 is 9.47 Å². The molecule has 1 unspecified atom stereocenters. The number of benzene rings is 3. The zero-order valence-electron chi connectivity index (χ0n) is 19.3. The van der Waals surface area contributed by atoms with E-state index in [-0.39, 0.29) is 0 Å². The maximum absolute atomic E-state index is 6.51. The summed E-state index contributed by atoms with van der Waals surface area (Å²) in [6.07, 6.45) is 3.78. The monoisotopic (exact) mass is 484 g/mol. The van der Waals surface area contributed by atoms with Crippen LogP contribution in [-0.4, -0.2) is 30.2 Å². The first-order chi connectivity index (χ1) is 17.2. The molecule has 1 aromatic heterocycles. The van der Waals surface area contributed by atoms with Gasteiger partial charge < -0.3 is 20.1 Å². The molecule has 1 atom stereocenters. The number of para-hydroxylation sites is 1. The summed E-state index contributed by atoms with van der Waals surface area (Å²) >= 11 is 6.51. The second-order valence-electron chi connectivity index (χ2n) is 8.29. The summed E-state index contributed by atoms with van der Waals surface area (Å²) in [4.78, 5) is 8.90. The van der Waals surface area contributed by atoms with E-state index in [0.717, 1.165) is 53.8 Å². The van der Waals surface area contributed by atoms with Gasteiger partial charge in [-0.15, -0.1) is 0 Å². The summed E-state index contributed by atoms with van der Waals surface area (Å²) < 4.78 is 11.5. The second-order valence-corrected chi connectivity index (χ2v) is 8.70. The van der Waals surface area contributed by atoms with Gasteiger partial charge >= 0.3 is 0 Å². The number of hydrogen-bond donors (Lipinski definition) is 2. The molecule has 3 aromatic carbocycles. The SMILES string of the molecule is COc1cc2ncnc(Nc3ccc(Oc4ccccc4)c(Cl)c3)c2cc1C#CC1CCCNC1. The van der Waals surface area contributed by atoms with Gasteiger partial charge in [-0.1, -0.05) is 41.6 Å². The van der Waals surface area contributed by atoms with Crippen LogP contribution in [0, 0.1) is 17.8 Å². The molecule has 0 amide bonds. The predicted molar refractivity (Wildman–Crippen MR) is 140 cm³/mol. The Kier molecular flexibility index (Phi) is 6.99. The largest absolute Gasteiger partial charge is 0.495 e. The Morgan fingerprint density at radius 1 is 1.06 bits per heavy atom. The topological polar surface area (TPSA) is 68.3 Å². The first kappa shape index (κ1) is 23.0. The third-order valence-corrected chi connectivity index (χ3v) is 6.13. The van der Waals surface area contributed by atoms with Crippen molar-refractivity contribution in [3.63, 3.8) is 0 Å². The van der Waals surface area contributed by atoms with Crippen LogP contribution >= 0.6 is 11.6 Å². The smallest absolute Gasteiger partial charge is 0.146 e. The first-order valence-corrected chi connectivity index (χ1v) is 11.9. The van der Waals surface area contributed by atoms with E-state index in [4.69, 9.17) is 21.1 Å². The molecule has 35 heavy (non-hydrogen) atoms. The first-order valence-electron chi connectivity index (χ1n) is 11.5. The van der Waals surface area contributed by atoms with Crippen molar-refractivity contribution in [1.29, 1.82) is 0 Å². The van der Waals surface area contributed by atoms with Crippen LogP contribution in [0.25, 0.3) is 10.9 Å². The highest BCUT2D eigenvalue weighted by molar-refractivity contribution is 6.32. The molecule has 176 valence electrons. The molecule has 0 bridgehead atoms. The molecule has 0 spiro atoms. The number of hydrogen-bond acceptors (Lipinski definition) is 6. The van der Waals surface area contributed by atoms with Crippen LogP contribution in [0.3, 0.4) is 0 Å². The van der Waals surface area contributed by atoms with Crippen molar-refractivity contribution in [1.82, 2.24) is 15.3 Å². The highest BCUT2D eigenvalue weighted by Crippen LogP contribution is 2.34. The van der Waals surface area contributed by atoms with E-state index in [1.807, 2.05) is 60.7 Å². The molecule has 1 aliphatic rings. The molecule has 0 saturated carbocycles. The molecule has 4 aromatic rings. The lowest BCUT2D eigenvalue weighted by Gasteiger charge is -2.17. The van der Waals surface area contributed by atoms with E-state index >= 15 is 0 Å². The van der Waals surface area contributed by atoms with Crippen LogP contribution in [-0.2, 0) is 0 Å². The summed E-state index contributed by atoms with van der Waals surface area (Å²) in [5, 5.41) is 8.10. The quantitative estimate of drug-likeness (QED) is 0.330. The normalized spacial score (nSPS) is 15.2. The standard InChI is InChI=1S/C28H25ClN4O2/c1-34-27-16-25-23(14-20(27)10-9-19-6-5-13-30-17-19)28(32-18-31-25)33-21-11-12-26(24(29)15-21)35-22-7-3-2-4-8-22/h2-4,7-8,11-12,14-16,18-19,30H,5-6,13,17H2,1H3,(H,31,32,33). The van der Waals surface area contributed by atoms with Gasteiger partial charge in [0.2, 0.25) is 0 Å². The van der Waals surface area contributed by atoms with Gasteiger partial charge in [0.15, 0.2) is 0 Å². The fourth-order valence-electron chi connectivity index (χ4n) is 4.02. The lowest BCUT2D eigenvalue weighted by atomic mass is 9.99. The van der Waals surface area contributed by atoms with E-state index in [0.29, 0.717) is 28.3 Å². The average molecular weight is 485 g/mol. The van der Waals surface area contributed by atoms with Crippen LogP contribution in [0.2, 0.25) is 5.02 Å². The second kappa shape index (κ2) is 10.6. The molecule has 1 fully saturated rings. The molecule has 0 radical (unpaired) electrons. The Morgan fingerprint density at radius 2 is 1.94 bits per heavy atom. The van der Waals surface area contributed by atoms with Gasteiger partial charge in [0.05, 0.1) is 23.2 Å². The number of methoxy groups -OCH3 is 1. The minimum atomic E-state index is 0.340. The summed E-state index contributed by atoms with van der Waals surface area (Å²) in [5.41, 5.74) is 2.36. The zero-order valence-corrected chi connectivity index (χ0v) is 20.1.